The third kappa shape index (κ3) is 4.47. The molecule has 0 spiro atoms. The number of hydrogen-bond acceptors (Lipinski definition) is 5. The number of nitrogens with zero attached hydrogens (tertiary/aromatic N) is 1. The van der Waals surface area contributed by atoms with Crippen LogP contribution < -0.4 is 21.5 Å². The smallest absolute Gasteiger partial charge is 0.408 e. The number of nitrogens with one attached hydrogen (secondary N) is 5. The van der Waals surface area contributed by atoms with Gasteiger partial charge in [0.1, 0.15) is 12.3 Å². The van der Waals surface area contributed by atoms with Gasteiger partial charge in [0.15, 0.2) is 0 Å². The quantitative estimate of drug-likeness (QED) is 0.413. The molecule has 31 heavy (non-hydrogen) atoms. The maximum absolute atomic E-state index is 12.3. The van der Waals surface area contributed by atoms with Crippen molar-refractivity contribution in [1.29, 1.82) is 0 Å². The summed E-state index contributed by atoms with van der Waals surface area (Å²) in [5.41, 5.74) is 6.86. The summed E-state index contributed by atoms with van der Waals surface area (Å²) >= 11 is 0. The highest BCUT2D eigenvalue weighted by Crippen LogP contribution is 2.27. The predicted octanol–water partition coefficient (Wildman–Crippen LogP) is 2.50. The van der Waals surface area contributed by atoms with Crippen LogP contribution in [0.2, 0.25) is 0 Å². The molecular weight excluding hydrogens is 400 g/mol. The number of ether oxygens (including phenoxy) is 1. The second-order valence-corrected chi connectivity index (χ2v) is 7.18. The molecule has 2 aromatic carbocycles. The molecule has 1 unspecified atom stereocenters. The number of hydrogen-bond donors (Lipinski definition) is 5. The first-order valence-electron chi connectivity index (χ1n) is 9.47. The van der Waals surface area contributed by atoms with E-state index in [1.54, 1.807) is 24.3 Å². The molecule has 0 aliphatic carbocycles. The van der Waals surface area contributed by atoms with E-state index in [0.29, 0.717) is 11.4 Å². The van der Waals surface area contributed by atoms with Crippen molar-refractivity contribution in [2.75, 3.05) is 11.9 Å². The van der Waals surface area contributed by atoms with Crippen molar-refractivity contribution >= 4 is 23.7 Å². The molecule has 5 N–H and O–H groups in total. The summed E-state index contributed by atoms with van der Waals surface area (Å²) in [6, 6.07) is 17.3. The van der Waals surface area contributed by atoms with Crippen LogP contribution in [0.5, 0.6) is 0 Å². The average Bonchev–Trinajstić information content (AvgIpc) is 3.40. The van der Waals surface area contributed by atoms with Crippen molar-refractivity contribution in [3.8, 4) is 11.3 Å². The molecule has 1 aliphatic heterocycles. The standard InChI is InChI=1S/C21H20N6O4/c1-21(12-31-20(30)23-21)14-8-5-9-15(10-14)22-19(29)27-26-18(28)17-11-16(24-25-17)13-6-3-2-4-7-13/h2-11H,12H2,1H3,(H,23,30)(H,24,25)(H,26,28)(H2,22,27,29). The molecule has 1 fully saturated rings. The Morgan fingerprint density at radius 2 is 1.87 bits per heavy atom. The van der Waals surface area contributed by atoms with Crippen molar-refractivity contribution in [1.82, 2.24) is 26.4 Å². The first-order chi connectivity index (χ1) is 14.9. The third-order valence-corrected chi connectivity index (χ3v) is 4.81. The number of urea groups is 1. The van der Waals surface area contributed by atoms with E-state index in [2.05, 4.69) is 31.7 Å². The lowest BCUT2D eigenvalue weighted by Gasteiger charge is -2.22. The van der Waals surface area contributed by atoms with Crippen LogP contribution in [0, 0.1) is 0 Å². The van der Waals surface area contributed by atoms with Crippen molar-refractivity contribution < 1.29 is 19.1 Å². The second kappa shape index (κ2) is 8.19. The average molecular weight is 420 g/mol. The molecular formula is C21H20N6O4. The summed E-state index contributed by atoms with van der Waals surface area (Å²) in [6.45, 7) is 2.01. The molecule has 2 heterocycles. The van der Waals surface area contributed by atoms with Crippen LogP contribution in [-0.2, 0) is 10.3 Å². The van der Waals surface area contributed by atoms with Crippen LogP contribution in [0.1, 0.15) is 23.0 Å². The molecule has 0 radical (unpaired) electrons. The summed E-state index contributed by atoms with van der Waals surface area (Å²) in [6.07, 6.45) is -0.490. The van der Waals surface area contributed by atoms with Gasteiger partial charge in [-0.05, 0) is 30.7 Å². The van der Waals surface area contributed by atoms with Gasteiger partial charge in [0.05, 0.1) is 11.2 Å². The first kappa shape index (κ1) is 20.0. The number of hydrazine groups is 1. The zero-order chi connectivity index (χ0) is 21.8. The zero-order valence-corrected chi connectivity index (χ0v) is 16.6. The summed E-state index contributed by atoms with van der Waals surface area (Å²) in [7, 11) is 0. The molecule has 1 aliphatic rings. The van der Waals surface area contributed by atoms with E-state index in [4.69, 9.17) is 4.74 Å². The highest BCUT2D eigenvalue weighted by Gasteiger charge is 2.36. The van der Waals surface area contributed by atoms with Crippen molar-refractivity contribution in [2.45, 2.75) is 12.5 Å². The summed E-state index contributed by atoms with van der Waals surface area (Å²) in [5.74, 6) is -0.545. The molecule has 3 aromatic rings. The van der Waals surface area contributed by atoms with E-state index >= 15 is 0 Å². The van der Waals surface area contributed by atoms with Gasteiger partial charge in [-0.1, -0.05) is 42.5 Å². The lowest BCUT2D eigenvalue weighted by Crippen LogP contribution is -2.44. The maximum Gasteiger partial charge on any atom is 0.408 e. The topological polar surface area (TPSA) is 137 Å². The van der Waals surface area contributed by atoms with Gasteiger partial charge in [0.2, 0.25) is 0 Å². The minimum Gasteiger partial charge on any atom is -0.447 e. The molecule has 1 saturated heterocycles. The van der Waals surface area contributed by atoms with Gasteiger partial charge in [0, 0.05) is 11.3 Å². The fourth-order valence-corrected chi connectivity index (χ4v) is 3.14. The van der Waals surface area contributed by atoms with Crippen LogP contribution >= 0.6 is 0 Å². The molecule has 10 nitrogen and oxygen atoms in total. The monoisotopic (exact) mass is 420 g/mol. The lowest BCUT2D eigenvalue weighted by atomic mass is 9.93. The maximum atomic E-state index is 12.3. The van der Waals surface area contributed by atoms with Crippen LogP contribution in [0.4, 0.5) is 15.3 Å². The SMILES string of the molecule is CC1(c2cccc(NC(=O)NNC(=O)c3cc(-c4ccccc4)n[nH]3)c2)COC(=O)N1. The minimum absolute atomic E-state index is 0.187. The van der Waals surface area contributed by atoms with Crippen LogP contribution in [0.25, 0.3) is 11.3 Å². The van der Waals surface area contributed by atoms with E-state index in [-0.39, 0.29) is 12.3 Å². The molecule has 1 atom stereocenters. The van der Waals surface area contributed by atoms with Gasteiger partial charge >= 0.3 is 12.1 Å². The van der Waals surface area contributed by atoms with Crippen molar-refractivity contribution in [3.05, 3.63) is 71.9 Å². The van der Waals surface area contributed by atoms with E-state index in [0.717, 1.165) is 11.1 Å². The number of rotatable bonds is 4. The Morgan fingerprint density at radius 1 is 1.06 bits per heavy atom. The molecule has 4 amide bonds. The fraction of sp³-hybridized carbons (Fsp3) is 0.143. The Balaban J connectivity index is 1.34. The van der Waals surface area contributed by atoms with Gasteiger partial charge in [-0.15, -0.1) is 0 Å². The zero-order valence-electron chi connectivity index (χ0n) is 16.6. The van der Waals surface area contributed by atoms with Crippen LogP contribution in [0.15, 0.2) is 60.7 Å². The normalized spacial score (nSPS) is 17.4. The Kier molecular flexibility index (Phi) is 5.27. The largest absolute Gasteiger partial charge is 0.447 e. The molecule has 4 rings (SSSR count). The van der Waals surface area contributed by atoms with Gasteiger partial charge < -0.3 is 15.4 Å². The number of aromatic nitrogens is 2. The Hall–Kier alpha value is -4.34. The van der Waals surface area contributed by atoms with Gasteiger partial charge in [0.25, 0.3) is 5.91 Å². The van der Waals surface area contributed by atoms with Gasteiger partial charge in [-0.2, -0.15) is 5.10 Å². The fourth-order valence-electron chi connectivity index (χ4n) is 3.14. The summed E-state index contributed by atoms with van der Waals surface area (Å²) < 4.78 is 4.98. The summed E-state index contributed by atoms with van der Waals surface area (Å²) in [5, 5.41) is 12.1. The summed E-state index contributed by atoms with van der Waals surface area (Å²) in [4.78, 5) is 35.8. The van der Waals surface area contributed by atoms with E-state index < -0.39 is 23.6 Å². The number of carbonyl (C=O) groups is 3. The van der Waals surface area contributed by atoms with Crippen molar-refractivity contribution in [3.63, 3.8) is 0 Å². The molecule has 10 heteroatoms. The number of anilines is 1. The minimum atomic E-state index is -0.684. The first-order valence-corrected chi connectivity index (χ1v) is 9.47. The lowest BCUT2D eigenvalue weighted by molar-refractivity contribution is 0.0933. The van der Waals surface area contributed by atoms with E-state index in [9.17, 15) is 14.4 Å². The van der Waals surface area contributed by atoms with Crippen LogP contribution in [-0.4, -0.2) is 34.8 Å². The molecule has 1 aromatic heterocycles. The molecule has 0 bridgehead atoms. The predicted molar refractivity (Wildman–Crippen MR) is 112 cm³/mol. The van der Waals surface area contributed by atoms with Gasteiger partial charge in [-0.3, -0.25) is 15.3 Å². The number of benzene rings is 2. The Labute approximate surface area is 177 Å². The number of cyclic esters (lactones) is 1. The number of aromatic amines is 1. The number of amides is 4. The highest BCUT2D eigenvalue weighted by atomic mass is 16.6. The van der Waals surface area contributed by atoms with Crippen molar-refractivity contribution in [2.24, 2.45) is 0 Å². The number of H-pyrrole nitrogens is 1. The second-order valence-electron chi connectivity index (χ2n) is 7.18. The number of alkyl carbamates (subject to hydrolysis) is 1. The third-order valence-electron chi connectivity index (χ3n) is 4.81. The highest BCUT2D eigenvalue weighted by molar-refractivity contribution is 5.96. The van der Waals surface area contributed by atoms with Gasteiger partial charge in [-0.25, -0.2) is 15.0 Å². The van der Waals surface area contributed by atoms with E-state index in [1.807, 2.05) is 43.3 Å². The Morgan fingerprint density at radius 3 is 2.61 bits per heavy atom. The Bertz CT molecular complexity index is 1130. The molecule has 158 valence electrons. The van der Waals surface area contributed by atoms with Crippen LogP contribution in [0.3, 0.4) is 0 Å². The molecule has 0 saturated carbocycles. The number of carbonyl (C=O) groups excluding carboxylic acids is 3. The van der Waals surface area contributed by atoms with E-state index in [1.165, 1.54) is 0 Å².